The van der Waals surface area contributed by atoms with Crippen molar-refractivity contribution in [2.45, 2.75) is 341 Å². The first-order chi connectivity index (χ1) is 30.2. The highest BCUT2D eigenvalue weighted by Crippen LogP contribution is 2.18. The van der Waals surface area contributed by atoms with Crippen molar-refractivity contribution in [1.82, 2.24) is 5.32 Å². The van der Waals surface area contributed by atoms with Crippen LogP contribution in [-0.4, -0.2) is 34.9 Å². The van der Waals surface area contributed by atoms with Crippen molar-refractivity contribution in [3.8, 4) is 0 Å². The summed E-state index contributed by atoms with van der Waals surface area (Å²) in [6.07, 6.45) is 69.2. The number of nitrogens with one attached hydrogen (secondary N) is 1. The maximum atomic E-state index is 12.5. The van der Waals surface area contributed by atoms with E-state index in [9.17, 15) is 15.0 Å². The van der Waals surface area contributed by atoms with Crippen LogP contribution >= 0.6 is 0 Å². The Kier molecular flexibility index (Phi) is 52.7. The van der Waals surface area contributed by atoms with Gasteiger partial charge in [-0.3, -0.25) is 4.79 Å². The standard InChI is InChI=1S/C57H113NO3/c1-3-5-7-9-11-13-15-17-19-21-22-23-24-25-26-27-28-29-30-31-32-33-34-35-37-38-40-42-44-46-48-50-52-56(60)55(54-59)58-57(61)53-51-49-47-45-43-41-39-36-20-18-16-14-12-10-8-6-4-2/h18,20,55-56,59-60H,3-17,19,21-54H2,1-2H3,(H,58,61)/b20-18-. The van der Waals surface area contributed by atoms with E-state index < -0.39 is 12.1 Å². The van der Waals surface area contributed by atoms with Crippen LogP contribution in [-0.2, 0) is 4.79 Å². The van der Waals surface area contributed by atoms with Crippen molar-refractivity contribution in [3.05, 3.63) is 12.2 Å². The number of amides is 1. The summed E-state index contributed by atoms with van der Waals surface area (Å²) in [5, 5.41) is 23.3. The third-order valence-electron chi connectivity index (χ3n) is 13.5. The molecule has 0 aliphatic carbocycles. The molecule has 0 aliphatic rings. The first-order valence-corrected chi connectivity index (χ1v) is 28.4. The largest absolute Gasteiger partial charge is 0.394 e. The van der Waals surface area contributed by atoms with E-state index in [0.717, 1.165) is 25.7 Å². The molecule has 0 radical (unpaired) electrons. The minimum absolute atomic E-state index is 0.0307. The van der Waals surface area contributed by atoms with Crippen LogP contribution in [0, 0.1) is 0 Å². The summed E-state index contributed by atoms with van der Waals surface area (Å²) in [6.45, 7) is 4.39. The lowest BCUT2D eigenvalue weighted by molar-refractivity contribution is -0.123. The zero-order valence-corrected chi connectivity index (χ0v) is 42.0. The third-order valence-corrected chi connectivity index (χ3v) is 13.5. The maximum absolute atomic E-state index is 12.5. The molecule has 3 N–H and O–H groups in total. The Bertz CT molecular complexity index is 844. The van der Waals surface area contributed by atoms with E-state index in [-0.39, 0.29) is 12.5 Å². The summed E-state index contributed by atoms with van der Waals surface area (Å²) < 4.78 is 0. The Labute approximate surface area is 384 Å². The molecular formula is C57H113NO3. The number of rotatable bonds is 53. The van der Waals surface area contributed by atoms with Gasteiger partial charge < -0.3 is 15.5 Å². The first kappa shape index (κ1) is 60.1. The van der Waals surface area contributed by atoms with Crippen molar-refractivity contribution >= 4 is 5.91 Å². The van der Waals surface area contributed by atoms with Gasteiger partial charge in [0.1, 0.15) is 0 Å². The van der Waals surface area contributed by atoms with Crippen LogP contribution in [0.15, 0.2) is 12.2 Å². The number of hydrogen-bond acceptors (Lipinski definition) is 3. The number of aliphatic hydroxyl groups is 2. The molecule has 0 bridgehead atoms. The van der Waals surface area contributed by atoms with Crippen molar-refractivity contribution in [1.29, 1.82) is 0 Å². The second-order valence-electron chi connectivity index (χ2n) is 19.7. The normalized spacial score (nSPS) is 12.8. The first-order valence-electron chi connectivity index (χ1n) is 28.4. The van der Waals surface area contributed by atoms with Crippen molar-refractivity contribution < 1.29 is 15.0 Å². The average molecular weight is 861 g/mol. The number of allylic oxidation sites excluding steroid dienone is 2. The lowest BCUT2D eigenvalue weighted by Gasteiger charge is -2.22. The predicted octanol–water partition coefficient (Wildman–Crippen LogP) is 18.5. The van der Waals surface area contributed by atoms with Gasteiger partial charge in [-0.05, 0) is 38.5 Å². The molecule has 61 heavy (non-hydrogen) atoms. The molecule has 0 saturated carbocycles. The number of hydrogen-bond donors (Lipinski definition) is 3. The molecular weight excluding hydrogens is 747 g/mol. The topological polar surface area (TPSA) is 69.6 Å². The van der Waals surface area contributed by atoms with Crippen LogP contribution in [0.5, 0.6) is 0 Å². The van der Waals surface area contributed by atoms with Gasteiger partial charge in [0.2, 0.25) is 5.91 Å². The molecule has 0 spiro atoms. The highest BCUT2D eigenvalue weighted by Gasteiger charge is 2.20. The Morgan fingerprint density at radius 1 is 0.377 bits per heavy atom. The minimum Gasteiger partial charge on any atom is -0.394 e. The second kappa shape index (κ2) is 53.5. The monoisotopic (exact) mass is 860 g/mol. The maximum Gasteiger partial charge on any atom is 0.220 e. The van der Waals surface area contributed by atoms with Crippen LogP contribution in [0.4, 0.5) is 0 Å². The molecule has 0 saturated heterocycles. The summed E-state index contributed by atoms with van der Waals surface area (Å²) in [5.41, 5.74) is 0. The van der Waals surface area contributed by atoms with Gasteiger partial charge in [0.05, 0.1) is 18.8 Å². The molecule has 0 aromatic rings. The number of unbranched alkanes of at least 4 members (excludes halogenated alkanes) is 44. The predicted molar refractivity (Wildman–Crippen MR) is 272 cm³/mol. The molecule has 2 atom stereocenters. The fraction of sp³-hybridized carbons (Fsp3) is 0.947. The average Bonchev–Trinajstić information content (AvgIpc) is 3.26. The molecule has 2 unspecified atom stereocenters. The van der Waals surface area contributed by atoms with Gasteiger partial charge in [0, 0.05) is 6.42 Å². The van der Waals surface area contributed by atoms with Crippen LogP contribution in [0.25, 0.3) is 0 Å². The number of carbonyl (C=O) groups is 1. The van der Waals surface area contributed by atoms with E-state index in [1.807, 2.05) is 0 Å². The lowest BCUT2D eigenvalue weighted by atomic mass is 10.0. The molecule has 0 heterocycles. The summed E-state index contributed by atoms with van der Waals surface area (Å²) >= 11 is 0. The van der Waals surface area contributed by atoms with Gasteiger partial charge in [-0.15, -0.1) is 0 Å². The highest BCUT2D eigenvalue weighted by atomic mass is 16.3. The summed E-state index contributed by atoms with van der Waals surface area (Å²) in [4.78, 5) is 12.5. The molecule has 0 rings (SSSR count). The summed E-state index contributed by atoms with van der Waals surface area (Å²) in [6, 6.07) is -0.536. The molecule has 0 aromatic carbocycles. The highest BCUT2D eigenvalue weighted by molar-refractivity contribution is 5.76. The summed E-state index contributed by atoms with van der Waals surface area (Å²) in [5.74, 6) is -0.0307. The molecule has 4 nitrogen and oxygen atoms in total. The van der Waals surface area contributed by atoms with Crippen LogP contribution in [0.3, 0.4) is 0 Å². The smallest absolute Gasteiger partial charge is 0.220 e. The lowest BCUT2D eigenvalue weighted by Crippen LogP contribution is -2.45. The Morgan fingerprint density at radius 3 is 0.902 bits per heavy atom. The Hall–Kier alpha value is -0.870. The third kappa shape index (κ3) is 50.0. The second-order valence-corrected chi connectivity index (χ2v) is 19.7. The van der Waals surface area contributed by atoms with Gasteiger partial charge in [-0.1, -0.05) is 296 Å². The summed E-state index contributed by atoms with van der Waals surface area (Å²) in [7, 11) is 0. The van der Waals surface area contributed by atoms with E-state index in [1.54, 1.807) is 0 Å². The Morgan fingerprint density at radius 2 is 0.623 bits per heavy atom. The van der Waals surface area contributed by atoms with Crippen LogP contribution in [0.2, 0.25) is 0 Å². The molecule has 1 amide bonds. The molecule has 0 aliphatic heterocycles. The van der Waals surface area contributed by atoms with E-state index in [2.05, 4.69) is 31.3 Å². The zero-order valence-electron chi connectivity index (χ0n) is 42.0. The quantitative estimate of drug-likeness (QED) is 0.0421. The molecule has 0 aromatic heterocycles. The van der Waals surface area contributed by atoms with Crippen molar-refractivity contribution in [3.63, 3.8) is 0 Å². The van der Waals surface area contributed by atoms with Gasteiger partial charge in [0.25, 0.3) is 0 Å². The molecule has 4 heteroatoms. The van der Waals surface area contributed by atoms with E-state index in [4.69, 9.17) is 0 Å². The van der Waals surface area contributed by atoms with Crippen molar-refractivity contribution in [2.24, 2.45) is 0 Å². The van der Waals surface area contributed by atoms with Crippen molar-refractivity contribution in [2.75, 3.05) is 6.61 Å². The van der Waals surface area contributed by atoms with Gasteiger partial charge in [-0.2, -0.15) is 0 Å². The molecule has 364 valence electrons. The Balaban J connectivity index is 3.39. The van der Waals surface area contributed by atoms with E-state index >= 15 is 0 Å². The SMILES string of the molecule is CCCCCCCC/C=C\CCCCCCCCCC(=O)NC(CO)C(O)CCCCCCCCCCCCCCCCCCCCCCCCCCCCCCCCCC. The van der Waals surface area contributed by atoms with E-state index in [0.29, 0.717) is 12.8 Å². The van der Waals surface area contributed by atoms with Gasteiger partial charge >= 0.3 is 0 Å². The van der Waals surface area contributed by atoms with Gasteiger partial charge in [0.15, 0.2) is 0 Å². The fourth-order valence-electron chi connectivity index (χ4n) is 9.18. The number of aliphatic hydroxyl groups excluding tert-OH is 2. The molecule has 0 fully saturated rings. The zero-order chi connectivity index (χ0) is 44.2. The fourth-order valence-corrected chi connectivity index (χ4v) is 9.18. The van der Waals surface area contributed by atoms with Crippen LogP contribution in [0.1, 0.15) is 328 Å². The van der Waals surface area contributed by atoms with Gasteiger partial charge in [-0.25, -0.2) is 0 Å². The van der Waals surface area contributed by atoms with Crippen LogP contribution < -0.4 is 5.32 Å². The number of carbonyl (C=O) groups excluding carboxylic acids is 1. The minimum atomic E-state index is -0.659. The van der Waals surface area contributed by atoms with E-state index in [1.165, 1.54) is 276 Å².